The molecule has 0 aliphatic carbocycles. The SMILES string of the molecule is Cc1ccc(C(=O)O)cc1S(=O)(=O)Nc1ccc(N([C@H]2CS(=O)(=O)C[C@@H]2O)S(=O)(=O)c2cc(C(=O)O)ccc2C)cc1. The van der Waals surface area contributed by atoms with E-state index in [0.717, 1.165) is 12.1 Å². The maximum absolute atomic E-state index is 14.0. The number of benzene rings is 3. The zero-order chi connectivity index (χ0) is 31.2. The largest absolute Gasteiger partial charge is 0.478 e. The van der Waals surface area contributed by atoms with Crippen LogP contribution in [0.2, 0.25) is 0 Å². The Balaban J connectivity index is 1.77. The maximum atomic E-state index is 14.0. The highest BCUT2D eigenvalue weighted by atomic mass is 32.2. The number of carboxylic acid groups (broad SMARTS) is 2. The van der Waals surface area contributed by atoms with E-state index in [4.69, 9.17) is 0 Å². The van der Waals surface area contributed by atoms with Gasteiger partial charge in [-0.15, -0.1) is 0 Å². The lowest BCUT2D eigenvalue weighted by Gasteiger charge is -2.32. The van der Waals surface area contributed by atoms with Crippen molar-refractivity contribution in [1.29, 1.82) is 0 Å². The van der Waals surface area contributed by atoms with Crippen LogP contribution in [0.25, 0.3) is 0 Å². The molecule has 1 aliphatic heterocycles. The van der Waals surface area contributed by atoms with Crippen molar-refractivity contribution >= 4 is 53.2 Å². The molecule has 1 heterocycles. The first-order chi connectivity index (χ1) is 19.4. The van der Waals surface area contributed by atoms with Crippen LogP contribution in [0.1, 0.15) is 31.8 Å². The molecule has 4 rings (SSSR count). The van der Waals surface area contributed by atoms with Crippen LogP contribution in [0.3, 0.4) is 0 Å². The van der Waals surface area contributed by atoms with Crippen LogP contribution in [0.15, 0.2) is 70.5 Å². The smallest absolute Gasteiger partial charge is 0.335 e. The van der Waals surface area contributed by atoms with E-state index >= 15 is 0 Å². The summed E-state index contributed by atoms with van der Waals surface area (Å²) in [4.78, 5) is 22.2. The number of nitrogens with one attached hydrogen (secondary N) is 1. The molecule has 0 amide bonds. The van der Waals surface area contributed by atoms with Gasteiger partial charge in [0.1, 0.15) is 0 Å². The van der Waals surface area contributed by atoms with E-state index < -0.39 is 70.4 Å². The second-order valence-electron chi connectivity index (χ2n) is 9.74. The summed E-state index contributed by atoms with van der Waals surface area (Å²) < 4.78 is 81.7. The van der Waals surface area contributed by atoms with Crippen molar-refractivity contribution in [1.82, 2.24) is 0 Å². The van der Waals surface area contributed by atoms with Gasteiger partial charge in [0.05, 0.1) is 50.3 Å². The number of sulfonamides is 2. The summed E-state index contributed by atoms with van der Waals surface area (Å²) in [7, 11) is -12.8. The monoisotopic (exact) mass is 638 g/mol. The zero-order valence-corrected chi connectivity index (χ0v) is 24.6. The molecule has 4 N–H and O–H groups in total. The molecule has 13 nitrogen and oxygen atoms in total. The normalized spacial score (nSPS) is 18.4. The minimum Gasteiger partial charge on any atom is -0.478 e. The molecule has 2 atom stereocenters. The van der Waals surface area contributed by atoms with Crippen LogP contribution in [-0.2, 0) is 29.9 Å². The first kappa shape index (κ1) is 31.0. The fraction of sp³-hybridized carbons (Fsp3) is 0.231. The number of carbonyl (C=O) groups is 2. The average molecular weight is 639 g/mol. The first-order valence-corrected chi connectivity index (χ1v) is 16.9. The van der Waals surface area contributed by atoms with Gasteiger partial charge >= 0.3 is 11.9 Å². The number of hydrogen-bond acceptors (Lipinski definition) is 9. The van der Waals surface area contributed by atoms with E-state index in [-0.39, 0.29) is 38.5 Å². The number of aryl methyl sites for hydroxylation is 2. The van der Waals surface area contributed by atoms with Crippen molar-refractivity contribution in [3.63, 3.8) is 0 Å². The molecule has 224 valence electrons. The standard InChI is InChI=1S/C26H26N2O11S3/c1-15-3-5-17(25(30)31)11-23(15)41(36,37)27-19-7-9-20(10-8-19)28(21-13-40(34,35)14-22(21)29)42(38,39)24-12-18(26(32)33)6-4-16(24)2/h3-12,21-22,27,29H,13-14H2,1-2H3,(H,30,31)(H,32,33)/t21-,22-/m0/s1. The van der Waals surface area contributed by atoms with Gasteiger partial charge in [0.25, 0.3) is 20.0 Å². The topological polar surface area (TPSA) is 213 Å². The van der Waals surface area contributed by atoms with Crippen molar-refractivity contribution in [3.8, 4) is 0 Å². The molecule has 0 spiro atoms. The number of hydrogen-bond donors (Lipinski definition) is 4. The fourth-order valence-electron chi connectivity index (χ4n) is 4.57. The third kappa shape index (κ3) is 6.11. The Morgan fingerprint density at radius 2 is 1.31 bits per heavy atom. The molecule has 0 unspecified atom stereocenters. The molecule has 0 bridgehead atoms. The van der Waals surface area contributed by atoms with Crippen LogP contribution in [0, 0.1) is 13.8 Å². The summed E-state index contributed by atoms with van der Waals surface area (Å²) in [5.41, 5.74) is -0.279. The molecule has 0 aromatic heterocycles. The van der Waals surface area contributed by atoms with Gasteiger partial charge in [0, 0.05) is 5.69 Å². The number of aliphatic hydroxyl groups is 1. The summed E-state index contributed by atoms with van der Waals surface area (Å²) in [6.07, 6.45) is -1.60. The summed E-state index contributed by atoms with van der Waals surface area (Å²) in [5, 5.41) is 29.2. The van der Waals surface area contributed by atoms with Gasteiger partial charge in [0.2, 0.25) is 0 Å². The minimum absolute atomic E-state index is 0.0279. The predicted molar refractivity (Wildman–Crippen MR) is 152 cm³/mol. The van der Waals surface area contributed by atoms with Gasteiger partial charge < -0.3 is 15.3 Å². The highest BCUT2D eigenvalue weighted by Crippen LogP contribution is 2.34. The quantitative estimate of drug-likeness (QED) is 0.265. The van der Waals surface area contributed by atoms with E-state index in [1.54, 1.807) is 0 Å². The Morgan fingerprint density at radius 1 is 0.810 bits per heavy atom. The number of sulfone groups is 1. The van der Waals surface area contributed by atoms with Crippen molar-refractivity contribution in [2.75, 3.05) is 20.5 Å². The van der Waals surface area contributed by atoms with E-state index in [9.17, 15) is 50.2 Å². The van der Waals surface area contributed by atoms with Gasteiger partial charge in [-0.1, -0.05) is 12.1 Å². The lowest BCUT2D eigenvalue weighted by Crippen LogP contribution is -2.47. The molecule has 3 aromatic carbocycles. The third-order valence-corrected chi connectivity index (χ3v) is 11.9. The van der Waals surface area contributed by atoms with Crippen LogP contribution in [-0.4, -0.2) is 76.2 Å². The molecular formula is C26H26N2O11S3. The number of aliphatic hydroxyl groups excluding tert-OH is 1. The van der Waals surface area contributed by atoms with Gasteiger partial charge in [-0.3, -0.25) is 9.03 Å². The number of aromatic carboxylic acids is 2. The predicted octanol–water partition coefficient (Wildman–Crippen LogP) is 1.85. The molecule has 1 aliphatic rings. The number of carboxylic acids is 2. The Bertz CT molecular complexity index is 1900. The van der Waals surface area contributed by atoms with Gasteiger partial charge in [-0.2, -0.15) is 0 Å². The minimum atomic E-state index is -4.67. The molecule has 3 aromatic rings. The van der Waals surface area contributed by atoms with Crippen LogP contribution in [0.5, 0.6) is 0 Å². The number of nitrogens with zero attached hydrogens (tertiary/aromatic N) is 1. The van der Waals surface area contributed by atoms with Crippen LogP contribution in [0.4, 0.5) is 11.4 Å². The average Bonchev–Trinajstić information content (AvgIpc) is 3.16. The first-order valence-electron chi connectivity index (χ1n) is 12.2. The highest BCUT2D eigenvalue weighted by molar-refractivity contribution is 7.93. The van der Waals surface area contributed by atoms with Crippen molar-refractivity contribution in [3.05, 3.63) is 82.9 Å². The molecule has 0 saturated carbocycles. The second-order valence-corrected chi connectivity index (χ2v) is 15.3. The van der Waals surface area contributed by atoms with Gasteiger partial charge in [-0.25, -0.2) is 34.8 Å². The second kappa shape index (κ2) is 11.0. The van der Waals surface area contributed by atoms with Crippen molar-refractivity contribution in [2.24, 2.45) is 0 Å². The lowest BCUT2D eigenvalue weighted by atomic mass is 10.1. The van der Waals surface area contributed by atoms with Crippen molar-refractivity contribution < 1.29 is 50.2 Å². The Labute approximate surface area is 242 Å². The van der Waals surface area contributed by atoms with Gasteiger partial charge in [0.15, 0.2) is 9.84 Å². The molecular weight excluding hydrogens is 612 g/mol. The maximum Gasteiger partial charge on any atom is 0.335 e. The summed E-state index contributed by atoms with van der Waals surface area (Å²) in [6.45, 7) is 2.91. The third-order valence-electron chi connectivity index (χ3n) is 6.67. The molecule has 0 radical (unpaired) electrons. The van der Waals surface area contributed by atoms with Crippen LogP contribution < -0.4 is 9.03 Å². The lowest BCUT2D eigenvalue weighted by molar-refractivity contribution is 0.0685. The number of anilines is 2. The Kier molecular flexibility index (Phi) is 8.12. The number of rotatable bonds is 9. The Hall–Kier alpha value is -3.99. The van der Waals surface area contributed by atoms with E-state index in [1.165, 1.54) is 62.4 Å². The molecule has 1 fully saturated rings. The summed E-state index contributed by atoms with van der Waals surface area (Å²) in [6, 6.07) is 10.4. The summed E-state index contributed by atoms with van der Waals surface area (Å²) >= 11 is 0. The van der Waals surface area contributed by atoms with E-state index in [2.05, 4.69) is 4.72 Å². The fourth-order valence-corrected chi connectivity index (χ4v) is 9.70. The highest BCUT2D eigenvalue weighted by Gasteiger charge is 2.45. The van der Waals surface area contributed by atoms with E-state index in [1.807, 2.05) is 0 Å². The van der Waals surface area contributed by atoms with Gasteiger partial charge in [-0.05, 0) is 73.5 Å². The van der Waals surface area contributed by atoms with E-state index in [0.29, 0.717) is 4.31 Å². The van der Waals surface area contributed by atoms with Crippen molar-refractivity contribution in [2.45, 2.75) is 35.8 Å². The summed E-state index contributed by atoms with van der Waals surface area (Å²) in [5.74, 6) is -4.11. The molecule has 16 heteroatoms. The Morgan fingerprint density at radius 3 is 1.79 bits per heavy atom. The zero-order valence-electron chi connectivity index (χ0n) is 22.1. The molecule has 42 heavy (non-hydrogen) atoms. The molecule has 1 saturated heterocycles. The van der Waals surface area contributed by atoms with Crippen LogP contribution >= 0.6 is 0 Å².